The summed E-state index contributed by atoms with van der Waals surface area (Å²) in [6.45, 7) is 3.61. The average molecular weight is 232 g/mol. The Morgan fingerprint density at radius 3 is 2.06 bits per heavy atom. The molecule has 0 aromatic heterocycles. The highest BCUT2D eigenvalue weighted by molar-refractivity contribution is 6.16. The van der Waals surface area contributed by atoms with E-state index in [-0.39, 0.29) is 0 Å². The number of carbonyl (C=O) groups is 2. The van der Waals surface area contributed by atoms with Crippen LogP contribution in [-0.2, 0) is 16.0 Å². The van der Waals surface area contributed by atoms with Gasteiger partial charge in [0.2, 0.25) is 0 Å². The summed E-state index contributed by atoms with van der Waals surface area (Å²) in [6, 6.07) is 6.94. The summed E-state index contributed by atoms with van der Waals surface area (Å²) in [7, 11) is 0. The quantitative estimate of drug-likeness (QED) is 0.352. The first-order valence-corrected chi connectivity index (χ1v) is 4.92. The molecule has 4 nitrogen and oxygen atoms in total. The van der Waals surface area contributed by atoms with E-state index in [0.29, 0.717) is 12.0 Å². The molecular weight excluding hydrogens is 220 g/mol. The van der Waals surface area contributed by atoms with Gasteiger partial charge in [0, 0.05) is 0 Å². The number of hydrogen-bond donors (Lipinski definition) is 2. The van der Waals surface area contributed by atoms with Gasteiger partial charge in [-0.3, -0.25) is 0 Å². The standard InChI is InChI=1S/C13H12O4/c1-2-3-9-4-6-10(7-5-9)8-11(12(14)15)13(16)17/h2,4-8H,1,3H2,(H,14,15)(H,16,17). The second-order valence-electron chi connectivity index (χ2n) is 3.40. The largest absolute Gasteiger partial charge is 0.477 e. The molecule has 0 atom stereocenters. The maximum atomic E-state index is 10.7. The predicted octanol–water partition coefficient (Wildman–Crippen LogP) is 1.97. The summed E-state index contributed by atoms with van der Waals surface area (Å²) in [5.74, 6) is -2.90. The van der Waals surface area contributed by atoms with Crippen molar-refractivity contribution in [1.29, 1.82) is 0 Å². The van der Waals surface area contributed by atoms with Crippen molar-refractivity contribution in [2.24, 2.45) is 0 Å². The van der Waals surface area contributed by atoms with E-state index in [1.807, 2.05) is 0 Å². The van der Waals surface area contributed by atoms with E-state index in [1.54, 1.807) is 30.3 Å². The van der Waals surface area contributed by atoms with Gasteiger partial charge in [0.15, 0.2) is 0 Å². The third kappa shape index (κ3) is 3.61. The normalized spacial score (nSPS) is 9.41. The molecule has 2 N–H and O–H groups in total. The number of carboxylic acid groups (broad SMARTS) is 2. The summed E-state index contributed by atoms with van der Waals surface area (Å²) in [5.41, 5.74) is 0.920. The summed E-state index contributed by atoms with van der Waals surface area (Å²) in [4.78, 5) is 21.3. The van der Waals surface area contributed by atoms with Gasteiger partial charge < -0.3 is 10.2 Å². The van der Waals surface area contributed by atoms with Crippen LogP contribution in [0.3, 0.4) is 0 Å². The Hall–Kier alpha value is -2.36. The van der Waals surface area contributed by atoms with Gasteiger partial charge in [-0.25, -0.2) is 9.59 Å². The lowest BCUT2D eigenvalue weighted by Crippen LogP contribution is -2.10. The van der Waals surface area contributed by atoms with Crippen LogP contribution >= 0.6 is 0 Å². The van der Waals surface area contributed by atoms with Crippen LogP contribution in [0, 0.1) is 0 Å². The summed E-state index contributed by atoms with van der Waals surface area (Å²) in [6.07, 6.45) is 3.60. The summed E-state index contributed by atoms with van der Waals surface area (Å²) < 4.78 is 0. The number of hydrogen-bond acceptors (Lipinski definition) is 2. The number of benzene rings is 1. The SMILES string of the molecule is C=CCc1ccc(C=C(C(=O)O)C(=O)O)cc1. The molecule has 0 fully saturated rings. The van der Waals surface area contributed by atoms with Gasteiger partial charge in [0.1, 0.15) is 5.57 Å². The fourth-order valence-electron chi connectivity index (χ4n) is 1.30. The first kappa shape index (κ1) is 12.7. The zero-order valence-corrected chi connectivity index (χ0v) is 9.09. The third-order valence-electron chi connectivity index (χ3n) is 2.13. The second kappa shape index (κ2) is 5.65. The molecule has 0 aliphatic heterocycles. The number of allylic oxidation sites excluding steroid dienone is 1. The van der Waals surface area contributed by atoms with Gasteiger partial charge in [-0.2, -0.15) is 0 Å². The lowest BCUT2D eigenvalue weighted by Gasteiger charge is -1.99. The zero-order chi connectivity index (χ0) is 12.8. The lowest BCUT2D eigenvalue weighted by atomic mass is 10.1. The van der Waals surface area contributed by atoms with E-state index in [9.17, 15) is 9.59 Å². The molecule has 88 valence electrons. The topological polar surface area (TPSA) is 74.6 Å². The van der Waals surface area contributed by atoms with Crippen LogP contribution in [0.4, 0.5) is 0 Å². The molecule has 0 radical (unpaired) electrons. The van der Waals surface area contributed by atoms with E-state index < -0.39 is 17.5 Å². The van der Waals surface area contributed by atoms with Crippen molar-refractivity contribution in [2.75, 3.05) is 0 Å². The lowest BCUT2D eigenvalue weighted by molar-refractivity contribution is -0.139. The Labute approximate surface area is 98.5 Å². The fraction of sp³-hybridized carbons (Fsp3) is 0.0769. The van der Waals surface area contributed by atoms with Gasteiger partial charge in [-0.15, -0.1) is 6.58 Å². The highest BCUT2D eigenvalue weighted by atomic mass is 16.4. The van der Waals surface area contributed by atoms with E-state index in [0.717, 1.165) is 11.6 Å². The minimum absolute atomic E-state index is 0.539. The molecule has 0 saturated heterocycles. The Kier molecular flexibility index (Phi) is 4.22. The summed E-state index contributed by atoms with van der Waals surface area (Å²) >= 11 is 0. The van der Waals surface area contributed by atoms with E-state index >= 15 is 0 Å². The molecule has 0 spiro atoms. The number of aliphatic carboxylic acids is 2. The molecule has 0 saturated carbocycles. The smallest absolute Gasteiger partial charge is 0.343 e. The van der Waals surface area contributed by atoms with Crippen molar-refractivity contribution in [3.8, 4) is 0 Å². The van der Waals surface area contributed by atoms with Crippen LogP contribution in [0.25, 0.3) is 6.08 Å². The Morgan fingerprint density at radius 1 is 1.12 bits per heavy atom. The van der Waals surface area contributed by atoms with Gasteiger partial charge in [0.25, 0.3) is 0 Å². The molecule has 0 unspecified atom stereocenters. The maximum absolute atomic E-state index is 10.7. The van der Waals surface area contributed by atoms with E-state index in [2.05, 4.69) is 6.58 Å². The molecule has 4 heteroatoms. The van der Waals surface area contributed by atoms with Gasteiger partial charge >= 0.3 is 11.9 Å². The molecule has 0 aliphatic carbocycles. The van der Waals surface area contributed by atoms with Crippen molar-refractivity contribution in [3.05, 3.63) is 53.6 Å². The van der Waals surface area contributed by atoms with E-state index in [4.69, 9.17) is 10.2 Å². The molecule has 17 heavy (non-hydrogen) atoms. The van der Waals surface area contributed by atoms with Crippen molar-refractivity contribution in [3.63, 3.8) is 0 Å². The van der Waals surface area contributed by atoms with Crippen LogP contribution in [0.2, 0.25) is 0 Å². The average Bonchev–Trinajstić information content (AvgIpc) is 2.27. The van der Waals surface area contributed by atoms with Gasteiger partial charge in [0.05, 0.1) is 0 Å². The maximum Gasteiger partial charge on any atom is 0.343 e. The Bertz CT molecular complexity index is 453. The molecule has 1 aromatic rings. The molecule has 0 heterocycles. The Morgan fingerprint density at radius 2 is 1.65 bits per heavy atom. The summed E-state index contributed by atoms with van der Waals surface area (Å²) in [5, 5.41) is 17.4. The van der Waals surface area contributed by atoms with Crippen LogP contribution < -0.4 is 0 Å². The van der Waals surface area contributed by atoms with Crippen LogP contribution in [0.1, 0.15) is 11.1 Å². The van der Waals surface area contributed by atoms with Crippen molar-refractivity contribution < 1.29 is 19.8 Å². The van der Waals surface area contributed by atoms with Crippen LogP contribution in [-0.4, -0.2) is 22.2 Å². The highest BCUT2D eigenvalue weighted by Crippen LogP contribution is 2.10. The molecule has 0 aliphatic rings. The molecule has 1 aromatic carbocycles. The van der Waals surface area contributed by atoms with Crippen LogP contribution in [0.5, 0.6) is 0 Å². The number of rotatable bonds is 5. The fourth-order valence-corrected chi connectivity index (χ4v) is 1.30. The zero-order valence-electron chi connectivity index (χ0n) is 9.09. The van der Waals surface area contributed by atoms with Crippen molar-refractivity contribution >= 4 is 18.0 Å². The Balaban J connectivity index is 3.00. The predicted molar refractivity (Wildman–Crippen MR) is 63.6 cm³/mol. The van der Waals surface area contributed by atoms with Crippen molar-refractivity contribution in [2.45, 2.75) is 6.42 Å². The minimum atomic E-state index is -1.45. The van der Waals surface area contributed by atoms with Crippen LogP contribution in [0.15, 0.2) is 42.5 Å². The monoisotopic (exact) mass is 232 g/mol. The van der Waals surface area contributed by atoms with Gasteiger partial charge in [-0.05, 0) is 23.6 Å². The highest BCUT2D eigenvalue weighted by Gasteiger charge is 2.15. The van der Waals surface area contributed by atoms with Crippen molar-refractivity contribution in [1.82, 2.24) is 0 Å². The van der Waals surface area contributed by atoms with Gasteiger partial charge in [-0.1, -0.05) is 30.3 Å². The number of carboxylic acids is 2. The first-order chi connectivity index (χ1) is 8.04. The molecular formula is C13H12O4. The van der Waals surface area contributed by atoms with E-state index in [1.165, 1.54) is 0 Å². The minimum Gasteiger partial charge on any atom is -0.477 e. The first-order valence-electron chi connectivity index (χ1n) is 4.92. The molecule has 0 bridgehead atoms. The molecule has 1 rings (SSSR count). The second-order valence-corrected chi connectivity index (χ2v) is 3.40. The third-order valence-corrected chi connectivity index (χ3v) is 2.13. The molecule has 0 amide bonds.